The quantitative estimate of drug-likeness (QED) is 0.718. The number of morpholine rings is 1. The Morgan fingerprint density at radius 3 is 2.77 bits per heavy atom. The van der Waals surface area contributed by atoms with Gasteiger partial charge in [-0.3, -0.25) is 4.90 Å². The van der Waals surface area contributed by atoms with Gasteiger partial charge < -0.3 is 24.8 Å². The van der Waals surface area contributed by atoms with Gasteiger partial charge in [0.1, 0.15) is 5.75 Å². The fraction of sp³-hybridized carbons (Fsp3) is 0.476. The Kier molecular flexibility index (Phi) is 7.07. The molecule has 2 N–H and O–H groups in total. The number of hydrogen-bond donors (Lipinski definition) is 2. The van der Waals surface area contributed by atoms with Crippen LogP contribution in [0.5, 0.6) is 11.8 Å². The van der Waals surface area contributed by atoms with Crippen LogP contribution >= 0.6 is 0 Å². The van der Waals surface area contributed by atoms with E-state index in [2.05, 4.69) is 25.5 Å². The number of hydrogen-bond acceptors (Lipinski definition) is 7. The molecule has 160 valence electrons. The monoisotopic (exact) mass is 413 g/mol. The van der Waals surface area contributed by atoms with Crippen LogP contribution in [0.4, 0.5) is 10.5 Å². The zero-order valence-electron chi connectivity index (χ0n) is 16.8. The summed E-state index contributed by atoms with van der Waals surface area (Å²) in [5.41, 5.74) is 0.632. The van der Waals surface area contributed by atoms with E-state index in [1.54, 1.807) is 36.7 Å². The van der Waals surface area contributed by atoms with E-state index in [1.807, 2.05) is 6.07 Å². The van der Waals surface area contributed by atoms with Crippen molar-refractivity contribution in [2.75, 3.05) is 51.4 Å². The highest BCUT2D eigenvalue weighted by atomic mass is 16.5. The molecule has 0 radical (unpaired) electrons. The zero-order chi connectivity index (χ0) is 20.6. The number of anilines is 1. The van der Waals surface area contributed by atoms with Crippen molar-refractivity contribution in [3.8, 4) is 11.8 Å². The topological polar surface area (TPSA) is 97.8 Å². The van der Waals surface area contributed by atoms with Gasteiger partial charge in [0, 0.05) is 62.3 Å². The molecule has 0 saturated carbocycles. The van der Waals surface area contributed by atoms with Crippen molar-refractivity contribution in [1.29, 1.82) is 0 Å². The fourth-order valence-corrected chi connectivity index (χ4v) is 3.81. The first-order valence-electron chi connectivity index (χ1n) is 10.3. The molecule has 2 saturated heterocycles. The van der Waals surface area contributed by atoms with Gasteiger partial charge in [0.2, 0.25) is 0 Å². The normalized spacial score (nSPS) is 20.5. The average molecular weight is 413 g/mol. The largest absolute Gasteiger partial charge is 0.424 e. The number of carbonyl (C=O) groups is 1. The van der Waals surface area contributed by atoms with Gasteiger partial charge in [-0.1, -0.05) is 6.07 Å². The Labute approximate surface area is 175 Å². The van der Waals surface area contributed by atoms with Crippen LogP contribution in [-0.2, 0) is 9.47 Å². The number of benzene rings is 1. The molecule has 2 amide bonds. The third-order valence-corrected chi connectivity index (χ3v) is 5.34. The van der Waals surface area contributed by atoms with Crippen molar-refractivity contribution in [3.63, 3.8) is 0 Å². The summed E-state index contributed by atoms with van der Waals surface area (Å²) in [6, 6.07) is 9.10. The first kappa shape index (κ1) is 20.5. The zero-order valence-corrected chi connectivity index (χ0v) is 16.8. The van der Waals surface area contributed by atoms with E-state index in [1.165, 1.54) is 0 Å². The Morgan fingerprint density at radius 1 is 1.17 bits per heavy atom. The summed E-state index contributed by atoms with van der Waals surface area (Å²) in [6.07, 6.45) is 4.24. The molecule has 0 unspecified atom stereocenters. The van der Waals surface area contributed by atoms with E-state index in [-0.39, 0.29) is 18.1 Å². The van der Waals surface area contributed by atoms with Crippen LogP contribution in [0.25, 0.3) is 0 Å². The highest BCUT2D eigenvalue weighted by Crippen LogP contribution is 2.23. The Morgan fingerprint density at radius 2 is 2.00 bits per heavy atom. The summed E-state index contributed by atoms with van der Waals surface area (Å²) in [4.78, 5) is 23.0. The minimum Gasteiger partial charge on any atom is -0.424 e. The lowest BCUT2D eigenvalue weighted by Gasteiger charge is -2.37. The van der Waals surface area contributed by atoms with Crippen molar-refractivity contribution in [3.05, 3.63) is 42.7 Å². The summed E-state index contributed by atoms with van der Waals surface area (Å²) >= 11 is 0. The van der Waals surface area contributed by atoms with Crippen molar-refractivity contribution in [2.45, 2.75) is 12.5 Å². The molecule has 4 rings (SSSR count). The van der Waals surface area contributed by atoms with E-state index in [0.717, 1.165) is 45.9 Å². The second-order valence-corrected chi connectivity index (χ2v) is 7.34. The maximum absolute atomic E-state index is 12.5. The lowest BCUT2D eigenvalue weighted by Crippen LogP contribution is -2.52. The molecular formula is C21H27N5O4. The van der Waals surface area contributed by atoms with Crippen LogP contribution in [0.15, 0.2) is 42.7 Å². The van der Waals surface area contributed by atoms with Gasteiger partial charge in [-0.2, -0.15) is 0 Å². The number of amides is 2. The summed E-state index contributed by atoms with van der Waals surface area (Å²) < 4.78 is 16.7. The smallest absolute Gasteiger partial charge is 0.321 e. The van der Waals surface area contributed by atoms with E-state index >= 15 is 0 Å². The van der Waals surface area contributed by atoms with Gasteiger partial charge in [-0.25, -0.2) is 14.8 Å². The van der Waals surface area contributed by atoms with E-state index in [9.17, 15) is 4.79 Å². The minimum absolute atomic E-state index is 0.243. The maximum atomic E-state index is 12.5. The lowest BCUT2D eigenvalue weighted by molar-refractivity contribution is 0.00222. The van der Waals surface area contributed by atoms with Crippen LogP contribution in [-0.4, -0.2) is 73.0 Å². The van der Waals surface area contributed by atoms with Gasteiger partial charge >= 0.3 is 12.0 Å². The molecule has 2 aliphatic heterocycles. The van der Waals surface area contributed by atoms with Gasteiger partial charge in [-0.15, -0.1) is 0 Å². The first-order valence-corrected chi connectivity index (χ1v) is 10.3. The van der Waals surface area contributed by atoms with E-state index in [0.29, 0.717) is 23.9 Å². The Bertz CT molecular complexity index is 810. The molecule has 2 fully saturated rings. The number of ether oxygens (including phenoxy) is 3. The van der Waals surface area contributed by atoms with Gasteiger partial charge in [0.25, 0.3) is 0 Å². The van der Waals surface area contributed by atoms with Crippen molar-refractivity contribution < 1.29 is 19.0 Å². The number of urea groups is 1. The molecular weight excluding hydrogens is 386 g/mol. The highest BCUT2D eigenvalue weighted by molar-refractivity contribution is 5.89. The summed E-state index contributed by atoms with van der Waals surface area (Å²) in [7, 11) is 0. The third kappa shape index (κ3) is 5.65. The molecule has 2 aromatic rings. The van der Waals surface area contributed by atoms with Gasteiger partial charge in [0.15, 0.2) is 0 Å². The standard InChI is InChI=1S/C21H27N5O4/c27-20(24-14-19(16-5-10-29-15-16)26-8-11-28-12-9-26)25-17-3-1-4-18(13-17)30-21-22-6-2-7-23-21/h1-4,6-7,13,16,19H,5,8-12,14-15H2,(H2,24,25,27)/t16-,19-/m0/s1. The van der Waals surface area contributed by atoms with E-state index < -0.39 is 0 Å². The minimum atomic E-state index is -0.250. The second kappa shape index (κ2) is 10.3. The third-order valence-electron chi connectivity index (χ3n) is 5.34. The molecule has 9 nitrogen and oxygen atoms in total. The molecule has 30 heavy (non-hydrogen) atoms. The summed E-state index contributed by atoms with van der Waals surface area (Å²) in [6.45, 7) is 5.31. The molecule has 1 aromatic heterocycles. The van der Waals surface area contributed by atoms with Crippen LogP contribution in [0.1, 0.15) is 6.42 Å². The molecule has 2 aliphatic rings. The van der Waals surface area contributed by atoms with Crippen LogP contribution < -0.4 is 15.4 Å². The number of nitrogens with one attached hydrogen (secondary N) is 2. The highest BCUT2D eigenvalue weighted by Gasteiger charge is 2.31. The molecule has 0 bridgehead atoms. The second-order valence-electron chi connectivity index (χ2n) is 7.34. The van der Waals surface area contributed by atoms with Crippen molar-refractivity contribution in [2.24, 2.45) is 5.92 Å². The number of aromatic nitrogens is 2. The molecule has 1 aromatic carbocycles. The molecule has 2 atom stereocenters. The van der Waals surface area contributed by atoms with Crippen molar-refractivity contribution >= 4 is 11.7 Å². The summed E-state index contributed by atoms with van der Waals surface area (Å²) in [5, 5.41) is 5.89. The maximum Gasteiger partial charge on any atom is 0.321 e. The number of nitrogens with zero attached hydrogens (tertiary/aromatic N) is 3. The predicted molar refractivity (Wildman–Crippen MR) is 111 cm³/mol. The van der Waals surface area contributed by atoms with Gasteiger partial charge in [-0.05, 0) is 24.6 Å². The number of rotatable bonds is 7. The SMILES string of the molecule is O=C(NC[C@@H]([C@H]1CCOC1)N1CCOCC1)Nc1cccc(Oc2ncccn2)c1. The van der Waals surface area contributed by atoms with E-state index in [4.69, 9.17) is 14.2 Å². The molecule has 0 aliphatic carbocycles. The Balaban J connectivity index is 1.32. The van der Waals surface area contributed by atoms with Gasteiger partial charge in [0.05, 0.1) is 19.8 Å². The predicted octanol–water partition coefficient (Wildman–Crippen LogP) is 2.13. The molecule has 0 spiro atoms. The first-order chi connectivity index (χ1) is 14.8. The van der Waals surface area contributed by atoms with Crippen LogP contribution in [0.2, 0.25) is 0 Å². The molecule has 3 heterocycles. The number of carbonyl (C=O) groups excluding carboxylic acids is 1. The summed E-state index contributed by atoms with van der Waals surface area (Å²) in [5.74, 6) is 0.972. The molecule has 9 heteroatoms. The van der Waals surface area contributed by atoms with Crippen LogP contribution in [0.3, 0.4) is 0 Å². The lowest BCUT2D eigenvalue weighted by atomic mass is 9.97. The van der Waals surface area contributed by atoms with Crippen molar-refractivity contribution in [1.82, 2.24) is 20.2 Å². The fourth-order valence-electron chi connectivity index (χ4n) is 3.81. The Hall–Kier alpha value is -2.75. The average Bonchev–Trinajstić information content (AvgIpc) is 3.30. The van der Waals surface area contributed by atoms with Crippen LogP contribution in [0, 0.1) is 5.92 Å².